The van der Waals surface area contributed by atoms with E-state index in [2.05, 4.69) is 20.4 Å². The van der Waals surface area contributed by atoms with Crippen LogP contribution in [0.15, 0.2) is 18.6 Å². The van der Waals surface area contributed by atoms with Gasteiger partial charge in [0.1, 0.15) is 11.5 Å². The number of halogens is 2. The molecule has 8 heteroatoms. The highest BCUT2D eigenvalue weighted by atomic mass is 35.5. The molecule has 2 heterocycles. The summed E-state index contributed by atoms with van der Waals surface area (Å²) in [5.74, 6) is 0.414. The predicted octanol–water partition coefficient (Wildman–Crippen LogP) is 1.49. The van der Waals surface area contributed by atoms with E-state index in [-0.39, 0.29) is 16.1 Å². The van der Waals surface area contributed by atoms with E-state index in [9.17, 15) is 4.79 Å². The Morgan fingerprint density at radius 1 is 1.42 bits per heavy atom. The topological polar surface area (TPSA) is 72.7 Å². The highest BCUT2D eigenvalue weighted by molar-refractivity contribution is 6.41. The van der Waals surface area contributed by atoms with E-state index in [0.29, 0.717) is 24.4 Å². The molecule has 0 aromatic carbocycles. The number of nitrogens with one attached hydrogen (secondary N) is 1. The Balaban J connectivity index is 1.89. The van der Waals surface area contributed by atoms with Crippen LogP contribution in [0.1, 0.15) is 16.2 Å². The molecular weight excluding hydrogens is 289 g/mol. The second-order valence-corrected chi connectivity index (χ2v) is 4.60. The molecule has 0 unspecified atom stereocenters. The van der Waals surface area contributed by atoms with E-state index in [4.69, 9.17) is 23.2 Å². The molecular formula is C11H11Cl2N5O. The lowest BCUT2D eigenvalue weighted by molar-refractivity contribution is 0.0953. The van der Waals surface area contributed by atoms with Gasteiger partial charge in [0, 0.05) is 26.2 Å². The molecule has 0 aliphatic heterocycles. The van der Waals surface area contributed by atoms with Crippen molar-refractivity contribution >= 4 is 29.1 Å². The van der Waals surface area contributed by atoms with Gasteiger partial charge in [-0.15, -0.1) is 0 Å². The Morgan fingerprint density at radius 3 is 2.84 bits per heavy atom. The summed E-state index contributed by atoms with van der Waals surface area (Å²) in [4.78, 5) is 19.7. The van der Waals surface area contributed by atoms with Gasteiger partial charge in [0.05, 0.1) is 10.6 Å². The highest BCUT2D eigenvalue weighted by Gasteiger charge is 2.09. The number of hydrogen-bond donors (Lipinski definition) is 1. The average Bonchev–Trinajstić information content (AvgIpc) is 2.78. The second kappa shape index (κ2) is 5.99. The normalized spacial score (nSPS) is 10.5. The van der Waals surface area contributed by atoms with Crippen molar-refractivity contribution in [2.24, 2.45) is 7.05 Å². The fourth-order valence-corrected chi connectivity index (χ4v) is 1.70. The lowest BCUT2D eigenvalue weighted by Gasteiger charge is -2.04. The monoisotopic (exact) mass is 299 g/mol. The lowest BCUT2D eigenvalue weighted by Crippen LogP contribution is -2.26. The van der Waals surface area contributed by atoms with Crippen LogP contribution >= 0.6 is 23.2 Å². The first-order valence-electron chi connectivity index (χ1n) is 5.50. The molecule has 0 saturated carbocycles. The molecule has 0 saturated heterocycles. The number of aromatic nitrogens is 4. The van der Waals surface area contributed by atoms with Gasteiger partial charge in [-0.1, -0.05) is 23.2 Å². The van der Waals surface area contributed by atoms with Crippen LogP contribution in [0.2, 0.25) is 10.2 Å². The van der Waals surface area contributed by atoms with Gasteiger partial charge < -0.3 is 5.32 Å². The fraction of sp³-hybridized carbons (Fsp3) is 0.273. The van der Waals surface area contributed by atoms with Crippen molar-refractivity contribution < 1.29 is 4.79 Å². The zero-order valence-electron chi connectivity index (χ0n) is 10.1. The molecule has 0 radical (unpaired) electrons. The number of rotatable bonds is 4. The summed E-state index contributed by atoms with van der Waals surface area (Å²) in [6.07, 6.45) is 3.55. The molecule has 0 aliphatic carbocycles. The predicted molar refractivity (Wildman–Crippen MR) is 71.3 cm³/mol. The molecule has 0 atom stereocenters. The number of amides is 1. The number of carbonyl (C=O) groups is 1. The Morgan fingerprint density at radius 2 is 2.21 bits per heavy atom. The van der Waals surface area contributed by atoms with E-state index in [1.54, 1.807) is 18.1 Å². The summed E-state index contributed by atoms with van der Waals surface area (Å²) in [6, 6.07) is 1.48. The van der Waals surface area contributed by atoms with E-state index < -0.39 is 0 Å². The third-order valence-corrected chi connectivity index (χ3v) is 3.03. The number of aryl methyl sites for hydroxylation is 1. The van der Waals surface area contributed by atoms with Gasteiger partial charge in [0.15, 0.2) is 5.82 Å². The van der Waals surface area contributed by atoms with Gasteiger partial charge in [-0.25, -0.2) is 9.97 Å². The van der Waals surface area contributed by atoms with Crippen LogP contribution in [0.3, 0.4) is 0 Å². The summed E-state index contributed by atoms with van der Waals surface area (Å²) >= 11 is 11.5. The number of hydrogen-bond acceptors (Lipinski definition) is 4. The Hall–Kier alpha value is -1.66. The fourth-order valence-electron chi connectivity index (χ4n) is 1.43. The quantitative estimate of drug-likeness (QED) is 0.868. The molecule has 1 amide bonds. The lowest BCUT2D eigenvalue weighted by atomic mass is 10.2. The van der Waals surface area contributed by atoms with Gasteiger partial charge in [0.2, 0.25) is 0 Å². The first-order valence-corrected chi connectivity index (χ1v) is 6.25. The third-order valence-electron chi connectivity index (χ3n) is 2.34. The smallest absolute Gasteiger partial charge is 0.252 e. The van der Waals surface area contributed by atoms with Gasteiger partial charge in [-0.3, -0.25) is 9.48 Å². The van der Waals surface area contributed by atoms with Crippen LogP contribution in [-0.2, 0) is 13.5 Å². The van der Waals surface area contributed by atoms with Crippen LogP contribution in [0, 0.1) is 0 Å². The average molecular weight is 300 g/mol. The van der Waals surface area contributed by atoms with Crippen molar-refractivity contribution in [1.82, 2.24) is 25.1 Å². The van der Waals surface area contributed by atoms with Crippen molar-refractivity contribution in [2.45, 2.75) is 6.42 Å². The van der Waals surface area contributed by atoms with Crippen LogP contribution < -0.4 is 5.32 Å². The first-order chi connectivity index (χ1) is 9.06. The molecule has 100 valence electrons. The van der Waals surface area contributed by atoms with E-state index in [1.165, 1.54) is 12.3 Å². The zero-order chi connectivity index (χ0) is 13.8. The maximum atomic E-state index is 11.8. The van der Waals surface area contributed by atoms with Crippen molar-refractivity contribution in [3.05, 3.63) is 40.2 Å². The van der Waals surface area contributed by atoms with Gasteiger partial charge in [0.25, 0.3) is 5.91 Å². The molecule has 1 N–H and O–H groups in total. The summed E-state index contributed by atoms with van der Waals surface area (Å²) in [5, 5.41) is 7.27. The Kier molecular flexibility index (Phi) is 4.34. The molecule has 0 fully saturated rings. The number of carbonyl (C=O) groups excluding carboxylic acids is 1. The maximum absolute atomic E-state index is 11.8. The molecule has 0 bridgehead atoms. The standard InChI is InChI=1S/C11H11Cl2N5O/c1-18-6-16-9(17-18)2-3-14-11(19)7-4-8(12)10(13)15-5-7/h4-6H,2-3H2,1H3,(H,14,19). The van der Waals surface area contributed by atoms with Crippen molar-refractivity contribution in [2.75, 3.05) is 6.54 Å². The van der Waals surface area contributed by atoms with E-state index in [1.807, 2.05) is 0 Å². The van der Waals surface area contributed by atoms with Gasteiger partial charge in [-0.2, -0.15) is 5.10 Å². The summed E-state index contributed by atoms with van der Waals surface area (Å²) in [7, 11) is 1.79. The van der Waals surface area contributed by atoms with Gasteiger partial charge >= 0.3 is 0 Å². The first kappa shape index (κ1) is 13.8. The summed E-state index contributed by atoms with van der Waals surface area (Å²) in [5.41, 5.74) is 0.364. The minimum atomic E-state index is -0.262. The molecule has 2 rings (SSSR count). The minimum Gasteiger partial charge on any atom is -0.352 e. The van der Waals surface area contributed by atoms with Crippen LogP contribution in [0.5, 0.6) is 0 Å². The molecule has 2 aromatic heterocycles. The molecule has 2 aromatic rings. The van der Waals surface area contributed by atoms with E-state index >= 15 is 0 Å². The number of pyridine rings is 1. The van der Waals surface area contributed by atoms with E-state index in [0.717, 1.165) is 0 Å². The van der Waals surface area contributed by atoms with Crippen LogP contribution in [0.4, 0.5) is 0 Å². The van der Waals surface area contributed by atoms with Crippen molar-refractivity contribution in [3.63, 3.8) is 0 Å². The Labute approximate surface area is 119 Å². The molecule has 6 nitrogen and oxygen atoms in total. The zero-order valence-corrected chi connectivity index (χ0v) is 11.6. The summed E-state index contributed by atoms with van der Waals surface area (Å²) in [6.45, 7) is 0.434. The summed E-state index contributed by atoms with van der Waals surface area (Å²) < 4.78 is 1.61. The largest absolute Gasteiger partial charge is 0.352 e. The molecule has 0 aliphatic rings. The van der Waals surface area contributed by atoms with Crippen molar-refractivity contribution in [1.29, 1.82) is 0 Å². The minimum absolute atomic E-state index is 0.177. The molecule has 19 heavy (non-hydrogen) atoms. The maximum Gasteiger partial charge on any atom is 0.252 e. The second-order valence-electron chi connectivity index (χ2n) is 3.84. The van der Waals surface area contributed by atoms with Gasteiger partial charge in [-0.05, 0) is 6.07 Å². The SMILES string of the molecule is Cn1cnc(CCNC(=O)c2cnc(Cl)c(Cl)c2)n1. The van der Waals surface area contributed by atoms with Crippen LogP contribution in [0.25, 0.3) is 0 Å². The van der Waals surface area contributed by atoms with Crippen molar-refractivity contribution in [3.8, 4) is 0 Å². The number of nitrogens with zero attached hydrogens (tertiary/aromatic N) is 4. The molecule has 0 spiro atoms. The Bertz CT molecular complexity index is 599. The van der Waals surface area contributed by atoms with Crippen LogP contribution in [-0.4, -0.2) is 32.2 Å². The third kappa shape index (κ3) is 3.65. The highest BCUT2D eigenvalue weighted by Crippen LogP contribution is 2.19.